The summed E-state index contributed by atoms with van der Waals surface area (Å²) in [6, 6.07) is 10.6. The monoisotopic (exact) mass is 372 g/mol. The van der Waals surface area contributed by atoms with E-state index in [2.05, 4.69) is 28.4 Å². The molecule has 2 aromatic carbocycles. The molecule has 1 saturated heterocycles. The summed E-state index contributed by atoms with van der Waals surface area (Å²) in [5.74, 6) is 1.40. The number of anilines is 1. The van der Waals surface area contributed by atoms with Gasteiger partial charge in [-0.3, -0.25) is 0 Å². The Morgan fingerprint density at radius 3 is 2.92 bits per heavy atom. The van der Waals surface area contributed by atoms with E-state index in [4.69, 9.17) is 23.2 Å². The molecule has 0 amide bonds. The first-order valence-corrected chi connectivity index (χ1v) is 10.0. The van der Waals surface area contributed by atoms with E-state index < -0.39 is 0 Å². The molecule has 0 radical (unpaired) electrons. The number of halogens is 2. The largest absolute Gasteiger partial charge is 0.371 e. The van der Waals surface area contributed by atoms with Crippen molar-refractivity contribution in [3.05, 3.63) is 51.5 Å². The number of fused-ring (bicyclic) bond motifs is 2. The van der Waals surface area contributed by atoms with E-state index in [1.54, 1.807) is 0 Å². The molecule has 5 rings (SSSR count). The van der Waals surface area contributed by atoms with Crippen LogP contribution in [-0.2, 0) is 6.42 Å². The molecule has 25 heavy (non-hydrogen) atoms. The number of nitrogens with one attached hydrogen (secondary N) is 1. The molecular formula is C21H22Cl2N2. The Labute approximate surface area is 159 Å². The van der Waals surface area contributed by atoms with Crippen molar-refractivity contribution >= 4 is 28.9 Å². The van der Waals surface area contributed by atoms with Crippen molar-refractivity contribution in [2.24, 2.45) is 5.92 Å². The van der Waals surface area contributed by atoms with Gasteiger partial charge in [-0.05, 0) is 72.7 Å². The normalized spacial score (nSPS) is 24.6. The molecule has 2 nitrogen and oxygen atoms in total. The van der Waals surface area contributed by atoms with Crippen molar-refractivity contribution in [1.29, 1.82) is 0 Å². The summed E-state index contributed by atoms with van der Waals surface area (Å²) in [6.07, 6.45) is 3.70. The Morgan fingerprint density at radius 1 is 1.12 bits per heavy atom. The molecule has 3 aliphatic heterocycles. The van der Waals surface area contributed by atoms with Crippen molar-refractivity contribution in [2.75, 3.05) is 31.1 Å². The lowest BCUT2D eigenvalue weighted by Crippen LogP contribution is -2.47. The van der Waals surface area contributed by atoms with Crippen LogP contribution in [-0.4, -0.2) is 26.2 Å². The van der Waals surface area contributed by atoms with Crippen LogP contribution < -0.4 is 10.2 Å². The second-order valence-corrected chi connectivity index (χ2v) is 8.45. The maximum atomic E-state index is 6.52. The Balaban J connectivity index is 1.68. The maximum Gasteiger partial charge on any atom is 0.0499 e. The third kappa shape index (κ3) is 2.66. The van der Waals surface area contributed by atoms with Gasteiger partial charge in [-0.15, -0.1) is 0 Å². The number of benzene rings is 2. The van der Waals surface area contributed by atoms with Gasteiger partial charge in [0.15, 0.2) is 0 Å². The van der Waals surface area contributed by atoms with Crippen LogP contribution in [0.4, 0.5) is 5.69 Å². The number of rotatable bonds is 1. The van der Waals surface area contributed by atoms with Gasteiger partial charge in [0.2, 0.25) is 0 Å². The third-order valence-electron chi connectivity index (χ3n) is 6.13. The molecule has 0 aromatic heterocycles. The summed E-state index contributed by atoms with van der Waals surface area (Å²) in [5, 5.41) is 5.04. The van der Waals surface area contributed by atoms with Crippen molar-refractivity contribution in [3.8, 4) is 11.1 Å². The molecule has 3 aliphatic rings. The zero-order chi connectivity index (χ0) is 17.0. The fourth-order valence-corrected chi connectivity index (χ4v) is 5.51. The van der Waals surface area contributed by atoms with E-state index in [0.29, 0.717) is 10.9 Å². The van der Waals surface area contributed by atoms with Crippen molar-refractivity contribution in [3.63, 3.8) is 0 Å². The Hall–Kier alpha value is -1.22. The Bertz CT molecular complexity index is 833. The molecule has 3 heterocycles. The minimum Gasteiger partial charge on any atom is -0.371 e. The number of hydrogen-bond acceptors (Lipinski definition) is 2. The van der Waals surface area contributed by atoms with Crippen LogP contribution in [0.5, 0.6) is 0 Å². The fourth-order valence-electron chi connectivity index (χ4n) is 4.99. The van der Waals surface area contributed by atoms with Gasteiger partial charge in [-0.1, -0.05) is 29.3 Å². The fraction of sp³-hybridized carbons (Fsp3) is 0.429. The van der Waals surface area contributed by atoms with Crippen LogP contribution in [0.15, 0.2) is 30.3 Å². The average Bonchev–Trinajstić information content (AvgIpc) is 2.62. The summed E-state index contributed by atoms with van der Waals surface area (Å²) in [6.45, 7) is 4.69. The molecule has 0 unspecified atom stereocenters. The molecule has 0 aliphatic carbocycles. The molecule has 1 N–H and O–H groups in total. The highest BCUT2D eigenvalue weighted by atomic mass is 35.5. The summed E-state index contributed by atoms with van der Waals surface area (Å²) in [5.41, 5.74) is 6.87. The van der Waals surface area contributed by atoms with Crippen LogP contribution in [0.25, 0.3) is 11.1 Å². The number of aryl methyl sites for hydroxylation is 1. The summed E-state index contributed by atoms with van der Waals surface area (Å²) < 4.78 is 0. The van der Waals surface area contributed by atoms with E-state index in [1.165, 1.54) is 54.7 Å². The van der Waals surface area contributed by atoms with Crippen LogP contribution in [0.3, 0.4) is 0 Å². The highest BCUT2D eigenvalue weighted by molar-refractivity contribution is 6.36. The van der Waals surface area contributed by atoms with Crippen LogP contribution >= 0.6 is 23.2 Å². The summed E-state index contributed by atoms with van der Waals surface area (Å²) in [7, 11) is 0. The average molecular weight is 373 g/mol. The maximum absolute atomic E-state index is 6.52. The van der Waals surface area contributed by atoms with Gasteiger partial charge in [0, 0.05) is 46.8 Å². The topological polar surface area (TPSA) is 15.3 Å². The van der Waals surface area contributed by atoms with Gasteiger partial charge in [0.25, 0.3) is 0 Å². The standard InChI is InChI=1S/C21H22Cl2N2/c22-16-3-4-17(20(23)10-16)15-8-13-2-1-7-25-12-14-5-6-24-11-19(14)18(9-15)21(13)25/h3-4,8-10,14,19,24H,1-2,5-7,11-12H2/t14-,19-/m1/s1. The minimum absolute atomic E-state index is 0.628. The lowest BCUT2D eigenvalue weighted by atomic mass is 9.74. The molecular weight excluding hydrogens is 351 g/mol. The van der Waals surface area contributed by atoms with Crippen molar-refractivity contribution < 1.29 is 0 Å². The third-order valence-corrected chi connectivity index (χ3v) is 6.68. The predicted octanol–water partition coefficient (Wildman–Crippen LogP) is 5.12. The van der Waals surface area contributed by atoms with E-state index in [-0.39, 0.29) is 0 Å². The SMILES string of the molecule is Clc1ccc(-c2cc3c4c(c2)[C@@H]2CNCC[C@@H]2CN4CCC3)c(Cl)c1. The molecule has 130 valence electrons. The van der Waals surface area contributed by atoms with Crippen molar-refractivity contribution in [2.45, 2.75) is 25.2 Å². The van der Waals surface area contributed by atoms with E-state index in [0.717, 1.165) is 29.6 Å². The van der Waals surface area contributed by atoms with Gasteiger partial charge in [0.05, 0.1) is 0 Å². The van der Waals surface area contributed by atoms with Gasteiger partial charge in [-0.25, -0.2) is 0 Å². The van der Waals surface area contributed by atoms with Crippen molar-refractivity contribution in [1.82, 2.24) is 5.32 Å². The molecule has 0 bridgehead atoms. The first-order valence-electron chi connectivity index (χ1n) is 9.28. The molecule has 0 spiro atoms. The second-order valence-electron chi connectivity index (χ2n) is 7.61. The highest BCUT2D eigenvalue weighted by Gasteiger charge is 2.37. The molecule has 0 saturated carbocycles. The summed E-state index contributed by atoms with van der Waals surface area (Å²) in [4.78, 5) is 2.65. The second kappa shape index (κ2) is 6.19. The van der Waals surface area contributed by atoms with Crippen LogP contribution in [0.2, 0.25) is 10.0 Å². The van der Waals surface area contributed by atoms with Gasteiger partial charge < -0.3 is 10.2 Å². The molecule has 4 heteroatoms. The Kier molecular flexibility index (Phi) is 3.96. The Morgan fingerprint density at radius 2 is 2.04 bits per heavy atom. The number of hydrogen-bond donors (Lipinski definition) is 1. The van der Waals surface area contributed by atoms with Gasteiger partial charge >= 0.3 is 0 Å². The zero-order valence-corrected chi connectivity index (χ0v) is 15.7. The minimum atomic E-state index is 0.628. The number of piperidine rings is 1. The van der Waals surface area contributed by atoms with Crippen LogP contribution in [0.1, 0.15) is 29.9 Å². The van der Waals surface area contributed by atoms with E-state index in [1.807, 2.05) is 12.1 Å². The van der Waals surface area contributed by atoms with Gasteiger partial charge in [-0.2, -0.15) is 0 Å². The smallest absolute Gasteiger partial charge is 0.0499 e. The molecule has 2 aromatic rings. The first kappa shape index (κ1) is 16.0. The zero-order valence-electron chi connectivity index (χ0n) is 14.2. The quantitative estimate of drug-likeness (QED) is 0.747. The molecule has 2 atom stereocenters. The van der Waals surface area contributed by atoms with E-state index >= 15 is 0 Å². The number of nitrogens with zero attached hydrogens (tertiary/aromatic N) is 1. The highest BCUT2D eigenvalue weighted by Crippen LogP contribution is 2.47. The predicted molar refractivity (Wildman–Crippen MR) is 106 cm³/mol. The van der Waals surface area contributed by atoms with E-state index in [9.17, 15) is 0 Å². The lowest BCUT2D eigenvalue weighted by Gasteiger charge is -2.46. The lowest BCUT2D eigenvalue weighted by molar-refractivity contribution is 0.309. The van der Waals surface area contributed by atoms with Crippen LogP contribution in [0, 0.1) is 5.92 Å². The van der Waals surface area contributed by atoms with Gasteiger partial charge in [0.1, 0.15) is 0 Å². The molecule has 1 fully saturated rings. The summed E-state index contributed by atoms with van der Waals surface area (Å²) >= 11 is 12.6. The first-order chi connectivity index (χ1) is 12.2.